The van der Waals surface area contributed by atoms with Crippen LogP contribution in [0.25, 0.3) is 0 Å². The van der Waals surface area contributed by atoms with Gasteiger partial charge in [0.15, 0.2) is 5.82 Å². The first-order valence-electron chi connectivity index (χ1n) is 5.68. The zero-order valence-corrected chi connectivity index (χ0v) is 11.4. The number of carbonyl (C=O) groups is 1. The summed E-state index contributed by atoms with van der Waals surface area (Å²) in [4.78, 5) is 14.9. The number of sulfonamides is 1. The first-order chi connectivity index (χ1) is 9.42. The fraction of sp³-hybridized carbons (Fsp3) is 0.0769. The SMILES string of the molecule is Cc1ccccc1S(=O)(=O)Nc1ncccc1C(=O)O. The molecule has 2 N–H and O–H groups in total. The molecular weight excluding hydrogens is 280 g/mol. The number of nitrogens with zero attached hydrogens (tertiary/aromatic N) is 1. The number of hydrogen-bond acceptors (Lipinski definition) is 4. The highest BCUT2D eigenvalue weighted by Crippen LogP contribution is 2.20. The van der Waals surface area contributed by atoms with Crippen LogP contribution in [0.5, 0.6) is 0 Å². The second-order valence-electron chi connectivity index (χ2n) is 4.08. The van der Waals surface area contributed by atoms with Crippen molar-refractivity contribution in [3.63, 3.8) is 0 Å². The Morgan fingerprint density at radius 2 is 1.90 bits per heavy atom. The molecule has 0 atom stereocenters. The van der Waals surface area contributed by atoms with E-state index in [2.05, 4.69) is 9.71 Å². The number of aromatic carboxylic acids is 1. The molecule has 104 valence electrons. The lowest BCUT2D eigenvalue weighted by molar-refractivity contribution is 0.0697. The van der Waals surface area contributed by atoms with E-state index in [1.807, 2.05) is 0 Å². The van der Waals surface area contributed by atoms with Gasteiger partial charge in [0.1, 0.15) is 5.56 Å². The van der Waals surface area contributed by atoms with E-state index < -0.39 is 16.0 Å². The fourth-order valence-electron chi connectivity index (χ4n) is 1.70. The topological polar surface area (TPSA) is 96.4 Å². The number of carboxylic acid groups (broad SMARTS) is 1. The van der Waals surface area contributed by atoms with E-state index in [0.717, 1.165) is 0 Å². The van der Waals surface area contributed by atoms with Crippen molar-refractivity contribution >= 4 is 21.8 Å². The third-order valence-electron chi connectivity index (χ3n) is 2.65. The molecule has 0 aliphatic heterocycles. The number of hydrogen-bond donors (Lipinski definition) is 2. The lowest BCUT2D eigenvalue weighted by Crippen LogP contribution is -2.17. The minimum Gasteiger partial charge on any atom is -0.478 e. The van der Waals surface area contributed by atoms with E-state index in [0.29, 0.717) is 5.56 Å². The second-order valence-corrected chi connectivity index (χ2v) is 5.73. The van der Waals surface area contributed by atoms with Gasteiger partial charge >= 0.3 is 5.97 Å². The van der Waals surface area contributed by atoms with E-state index >= 15 is 0 Å². The van der Waals surface area contributed by atoms with E-state index in [-0.39, 0.29) is 16.3 Å². The Morgan fingerprint density at radius 1 is 1.20 bits per heavy atom. The smallest absolute Gasteiger partial charge is 0.339 e. The van der Waals surface area contributed by atoms with Gasteiger partial charge in [-0.1, -0.05) is 18.2 Å². The highest BCUT2D eigenvalue weighted by molar-refractivity contribution is 7.92. The Morgan fingerprint density at radius 3 is 2.55 bits per heavy atom. The summed E-state index contributed by atoms with van der Waals surface area (Å²) in [5.41, 5.74) is 0.359. The van der Waals surface area contributed by atoms with Crippen LogP contribution in [0.15, 0.2) is 47.5 Å². The average Bonchev–Trinajstić information content (AvgIpc) is 2.39. The quantitative estimate of drug-likeness (QED) is 0.897. The van der Waals surface area contributed by atoms with Crippen LogP contribution in [0.1, 0.15) is 15.9 Å². The molecule has 1 heterocycles. The molecule has 7 heteroatoms. The maximum absolute atomic E-state index is 12.3. The van der Waals surface area contributed by atoms with Gasteiger partial charge in [0, 0.05) is 6.20 Å². The van der Waals surface area contributed by atoms with Gasteiger partial charge < -0.3 is 5.11 Å². The van der Waals surface area contributed by atoms with Crippen molar-refractivity contribution < 1.29 is 18.3 Å². The Balaban J connectivity index is 2.45. The summed E-state index contributed by atoms with van der Waals surface area (Å²) < 4.78 is 26.7. The van der Waals surface area contributed by atoms with E-state index in [1.165, 1.54) is 24.4 Å². The summed E-state index contributed by atoms with van der Waals surface area (Å²) in [6.07, 6.45) is 1.32. The van der Waals surface area contributed by atoms with Crippen molar-refractivity contribution in [2.75, 3.05) is 4.72 Å². The van der Waals surface area contributed by atoms with Crippen molar-refractivity contribution in [2.45, 2.75) is 11.8 Å². The predicted molar refractivity (Wildman–Crippen MR) is 73.2 cm³/mol. The molecule has 0 amide bonds. The molecule has 0 aliphatic carbocycles. The molecule has 0 fully saturated rings. The number of anilines is 1. The third-order valence-corrected chi connectivity index (χ3v) is 4.15. The van der Waals surface area contributed by atoms with Crippen molar-refractivity contribution in [3.8, 4) is 0 Å². The van der Waals surface area contributed by atoms with Gasteiger partial charge in [-0.3, -0.25) is 4.72 Å². The van der Waals surface area contributed by atoms with Crippen LogP contribution in [-0.2, 0) is 10.0 Å². The Kier molecular flexibility index (Phi) is 3.71. The van der Waals surface area contributed by atoms with Crippen LogP contribution in [0.3, 0.4) is 0 Å². The summed E-state index contributed by atoms with van der Waals surface area (Å²) in [7, 11) is -3.88. The van der Waals surface area contributed by atoms with Crippen LogP contribution in [-0.4, -0.2) is 24.5 Å². The van der Waals surface area contributed by atoms with Crippen LogP contribution in [0, 0.1) is 6.92 Å². The lowest BCUT2D eigenvalue weighted by atomic mass is 10.2. The van der Waals surface area contributed by atoms with Gasteiger partial charge in [-0.2, -0.15) is 0 Å². The zero-order valence-electron chi connectivity index (χ0n) is 10.6. The normalized spacial score (nSPS) is 11.1. The number of carboxylic acids is 1. The molecule has 0 radical (unpaired) electrons. The van der Waals surface area contributed by atoms with Crippen molar-refractivity contribution in [2.24, 2.45) is 0 Å². The summed E-state index contributed by atoms with van der Waals surface area (Å²) >= 11 is 0. The molecule has 0 spiro atoms. The minimum atomic E-state index is -3.88. The number of nitrogens with one attached hydrogen (secondary N) is 1. The van der Waals surface area contributed by atoms with E-state index in [1.54, 1.807) is 25.1 Å². The second kappa shape index (κ2) is 5.30. The first-order valence-corrected chi connectivity index (χ1v) is 7.17. The minimum absolute atomic E-state index is 0.0852. The number of benzene rings is 1. The summed E-state index contributed by atoms with van der Waals surface area (Å²) in [5, 5.41) is 9.01. The molecule has 20 heavy (non-hydrogen) atoms. The standard InChI is InChI=1S/C13H12N2O4S/c1-9-5-2-3-7-11(9)20(18,19)15-12-10(13(16)17)6-4-8-14-12/h2-8H,1H3,(H,14,15)(H,16,17). The molecule has 1 aromatic heterocycles. The highest BCUT2D eigenvalue weighted by Gasteiger charge is 2.20. The van der Waals surface area contributed by atoms with Crippen molar-refractivity contribution in [3.05, 3.63) is 53.7 Å². The molecule has 0 unspecified atom stereocenters. The van der Waals surface area contributed by atoms with Gasteiger partial charge in [0.05, 0.1) is 4.90 Å². The molecule has 2 rings (SSSR count). The maximum atomic E-state index is 12.3. The molecule has 6 nitrogen and oxygen atoms in total. The predicted octanol–water partition coefficient (Wildman–Crippen LogP) is 1.89. The fourth-order valence-corrected chi connectivity index (χ4v) is 2.98. The molecule has 0 bridgehead atoms. The number of pyridine rings is 1. The zero-order chi connectivity index (χ0) is 14.8. The van der Waals surface area contributed by atoms with Crippen LogP contribution < -0.4 is 4.72 Å². The largest absolute Gasteiger partial charge is 0.478 e. The Labute approximate surface area is 116 Å². The number of rotatable bonds is 4. The van der Waals surface area contributed by atoms with Gasteiger partial charge in [0.2, 0.25) is 0 Å². The van der Waals surface area contributed by atoms with E-state index in [9.17, 15) is 13.2 Å². The maximum Gasteiger partial charge on any atom is 0.339 e. The lowest BCUT2D eigenvalue weighted by Gasteiger charge is -2.10. The summed E-state index contributed by atoms with van der Waals surface area (Å²) in [5.74, 6) is -1.45. The van der Waals surface area contributed by atoms with Gasteiger partial charge in [-0.25, -0.2) is 18.2 Å². The summed E-state index contributed by atoms with van der Waals surface area (Å²) in [6.45, 7) is 1.66. The molecule has 0 aliphatic rings. The molecule has 0 saturated carbocycles. The monoisotopic (exact) mass is 292 g/mol. The van der Waals surface area contributed by atoms with Gasteiger partial charge in [-0.15, -0.1) is 0 Å². The average molecular weight is 292 g/mol. The third kappa shape index (κ3) is 2.77. The van der Waals surface area contributed by atoms with Crippen LogP contribution in [0.2, 0.25) is 0 Å². The first kappa shape index (κ1) is 14.0. The molecule has 0 saturated heterocycles. The van der Waals surface area contributed by atoms with Gasteiger partial charge in [0.25, 0.3) is 10.0 Å². The molecule has 1 aromatic carbocycles. The summed E-state index contributed by atoms with van der Waals surface area (Å²) in [6, 6.07) is 9.13. The van der Waals surface area contributed by atoms with Crippen LogP contribution >= 0.6 is 0 Å². The van der Waals surface area contributed by atoms with Crippen LogP contribution in [0.4, 0.5) is 5.82 Å². The molecular formula is C13H12N2O4S. The van der Waals surface area contributed by atoms with Crippen molar-refractivity contribution in [1.82, 2.24) is 4.98 Å². The number of aryl methyl sites for hydroxylation is 1. The number of aromatic nitrogens is 1. The highest BCUT2D eigenvalue weighted by atomic mass is 32.2. The van der Waals surface area contributed by atoms with Gasteiger partial charge in [-0.05, 0) is 30.7 Å². The van der Waals surface area contributed by atoms with Crippen molar-refractivity contribution in [1.29, 1.82) is 0 Å². The van der Waals surface area contributed by atoms with E-state index in [4.69, 9.17) is 5.11 Å². The Hall–Kier alpha value is -2.41. The molecule has 2 aromatic rings. The Bertz CT molecular complexity index is 756.